The summed E-state index contributed by atoms with van der Waals surface area (Å²) < 4.78 is 6.63. The van der Waals surface area contributed by atoms with Crippen molar-refractivity contribution < 1.29 is 4.74 Å². The minimum Gasteiger partial charge on any atom is -0.484 e. The molecule has 0 aromatic heterocycles. The number of ether oxygens (including phenoxy) is 1. The number of rotatable bonds is 2. The first-order chi connectivity index (χ1) is 18.4. The van der Waals surface area contributed by atoms with Crippen molar-refractivity contribution in [2.45, 2.75) is 12.0 Å². The van der Waals surface area contributed by atoms with Crippen LogP contribution in [0.3, 0.4) is 0 Å². The first-order valence-electron chi connectivity index (χ1n) is 12.9. The van der Waals surface area contributed by atoms with Gasteiger partial charge in [-0.05, 0) is 55.1 Å². The van der Waals surface area contributed by atoms with Gasteiger partial charge in [-0.2, -0.15) is 0 Å². The van der Waals surface area contributed by atoms with E-state index < -0.39 is 0 Å². The van der Waals surface area contributed by atoms with E-state index in [4.69, 9.17) is 4.74 Å². The van der Waals surface area contributed by atoms with Gasteiger partial charge in [-0.25, -0.2) is 0 Å². The molecule has 0 bridgehead atoms. The van der Waals surface area contributed by atoms with Gasteiger partial charge in [0.05, 0.1) is 0 Å². The largest absolute Gasteiger partial charge is 0.484 e. The molecule has 2 unspecified atom stereocenters. The van der Waals surface area contributed by atoms with Gasteiger partial charge in [0.15, 0.2) is 0 Å². The van der Waals surface area contributed by atoms with Crippen LogP contribution in [0.25, 0.3) is 49.0 Å². The average Bonchev–Trinajstić information content (AvgIpc) is 3.35. The molecule has 1 heteroatoms. The summed E-state index contributed by atoms with van der Waals surface area (Å²) in [6.45, 7) is 0. The van der Waals surface area contributed by atoms with E-state index in [0.29, 0.717) is 0 Å². The highest BCUT2D eigenvalue weighted by Crippen LogP contribution is 2.50. The molecule has 8 rings (SSSR count). The quantitative estimate of drug-likeness (QED) is 0.228. The Morgan fingerprint density at radius 3 is 1.86 bits per heavy atom. The third-order valence-electron chi connectivity index (χ3n) is 8.04. The second kappa shape index (κ2) is 7.94. The molecule has 37 heavy (non-hydrogen) atoms. The van der Waals surface area contributed by atoms with Crippen molar-refractivity contribution in [3.05, 3.63) is 145 Å². The zero-order valence-corrected chi connectivity index (χ0v) is 20.3. The summed E-state index contributed by atoms with van der Waals surface area (Å²) in [6.07, 6.45) is 6.73. The van der Waals surface area contributed by atoms with E-state index in [9.17, 15) is 0 Å². The van der Waals surface area contributed by atoms with Crippen LogP contribution in [0.4, 0.5) is 0 Å². The number of hydrogen-bond donors (Lipinski definition) is 0. The number of hydrogen-bond acceptors (Lipinski definition) is 1. The number of allylic oxidation sites excluding steroid dienone is 2. The van der Waals surface area contributed by atoms with E-state index in [1.807, 2.05) is 0 Å². The maximum absolute atomic E-state index is 6.63. The van der Waals surface area contributed by atoms with Gasteiger partial charge < -0.3 is 4.74 Å². The Labute approximate surface area is 216 Å². The smallest absolute Gasteiger partial charge is 0.135 e. The topological polar surface area (TPSA) is 9.23 Å². The van der Waals surface area contributed by atoms with Crippen LogP contribution >= 0.6 is 0 Å². The average molecular weight is 473 g/mol. The lowest BCUT2D eigenvalue weighted by Gasteiger charge is -2.26. The van der Waals surface area contributed by atoms with Crippen LogP contribution in [0.2, 0.25) is 0 Å². The van der Waals surface area contributed by atoms with E-state index in [0.717, 1.165) is 5.75 Å². The number of fused-ring (bicyclic) bond motifs is 6. The molecule has 0 fully saturated rings. The lowest BCUT2D eigenvalue weighted by molar-refractivity contribution is 0.278. The summed E-state index contributed by atoms with van der Waals surface area (Å²) in [5.74, 6) is 1.22. The van der Waals surface area contributed by atoms with Crippen LogP contribution in [0.15, 0.2) is 133 Å². The molecule has 1 aliphatic carbocycles. The summed E-state index contributed by atoms with van der Waals surface area (Å²) in [4.78, 5) is 0. The highest BCUT2D eigenvalue weighted by Gasteiger charge is 2.38. The predicted octanol–water partition coefficient (Wildman–Crippen LogP) is 9.31. The molecule has 2 atom stereocenters. The van der Waals surface area contributed by atoms with Gasteiger partial charge in [0.25, 0.3) is 0 Å². The van der Waals surface area contributed by atoms with Gasteiger partial charge in [0, 0.05) is 17.1 Å². The van der Waals surface area contributed by atoms with Crippen molar-refractivity contribution in [3.63, 3.8) is 0 Å². The molecule has 0 radical (unpaired) electrons. The Hall–Kier alpha value is -4.62. The minimum atomic E-state index is -0.0300. The zero-order chi connectivity index (χ0) is 24.3. The first-order valence-corrected chi connectivity index (χ1v) is 12.9. The van der Waals surface area contributed by atoms with Crippen LogP contribution < -0.4 is 4.74 Å². The van der Waals surface area contributed by atoms with Gasteiger partial charge in [0.2, 0.25) is 0 Å². The van der Waals surface area contributed by atoms with Gasteiger partial charge >= 0.3 is 0 Å². The van der Waals surface area contributed by atoms with Crippen molar-refractivity contribution in [2.24, 2.45) is 0 Å². The summed E-state index contributed by atoms with van der Waals surface area (Å²) in [5, 5.41) is 7.62. The molecular weight excluding hydrogens is 448 g/mol. The molecule has 0 amide bonds. The summed E-state index contributed by atoms with van der Waals surface area (Å²) in [7, 11) is 0. The first kappa shape index (κ1) is 20.6. The van der Waals surface area contributed by atoms with Crippen LogP contribution in [0.5, 0.6) is 5.75 Å². The zero-order valence-electron chi connectivity index (χ0n) is 20.3. The predicted molar refractivity (Wildman–Crippen MR) is 155 cm³/mol. The third-order valence-corrected chi connectivity index (χ3v) is 8.04. The summed E-state index contributed by atoms with van der Waals surface area (Å²) in [5.41, 5.74) is 6.38. The Bertz CT molecular complexity index is 1860. The van der Waals surface area contributed by atoms with E-state index in [-0.39, 0.29) is 12.0 Å². The van der Waals surface area contributed by atoms with E-state index in [2.05, 4.69) is 133 Å². The van der Waals surface area contributed by atoms with Crippen molar-refractivity contribution in [2.75, 3.05) is 0 Å². The Kier molecular flexibility index (Phi) is 4.41. The highest BCUT2D eigenvalue weighted by atomic mass is 16.5. The second-order valence-corrected chi connectivity index (χ2v) is 9.98. The number of benzene rings is 6. The fraction of sp³-hybridized carbons (Fsp3) is 0.0556. The Morgan fingerprint density at radius 2 is 1.11 bits per heavy atom. The minimum absolute atomic E-state index is 0.0300. The fourth-order valence-electron chi connectivity index (χ4n) is 6.47. The monoisotopic (exact) mass is 472 g/mol. The molecule has 2 aliphatic rings. The molecule has 0 saturated heterocycles. The van der Waals surface area contributed by atoms with E-state index in [1.165, 1.54) is 60.1 Å². The van der Waals surface area contributed by atoms with Crippen molar-refractivity contribution in [1.82, 2.24) is 0 Å². The lowest BCUT2D eigenvalue weighted by Crippen LogP contribution is -2.21. The van der Waals surface area contributed by atoms with Crippen molar-refractivity contribution in [3.8, 4) is 16.9 Å². The van der Waals surface area contributed by atoms with Crippen LogP contribution in [0, 0.1) is 0 Å². The molecule has 0 spiro atoms. The van der Waals surface area contributed by atoms with Gasteiger partial charge in [-0.1, -0.05) is 127 Å². The van der Waals surface area contributed by atoms with Crippen LogP contribution in [0.1, 0.15) is 17.0 Å². The van der Waals surface area contributed by atoms with Crippen molar-refractivity contribution >= 4 is 37.9 Å². The summed E-state index contributed by atoms with van der Waals surface area (Å²) >= 11 is 0. The Balaban J connectivity index is 1.46. The van der Waals surface area contributed by atoms with Crippen LogP contribution in [-0.2, 0) is 0 Å². The van der Waals surface area contributed by atoms with Gasteiger partial charge in [-0.3, -0.25) is 0 Å². The second-order valence-electron chi connectivity index (χ2n) is 9.98. The maximum atomic E-state index is 6.63. The van der Waals surface area contributed by atoms with E-state index in [1.54, 1.807) is 0 Å². The molecule has 6 aromatic rings. The normalized spacial score (nSPS) is 18.0. The molecule has 0 saturated carbocycles. The SMILES string of the molecule is C1=CC2c3ccccc3OC2C(c2c3ccccc3c(-c3cccc4ccccc34)c3ccccc23)=C1. The number of para-hydroxylation sites is 1. The molecule has 1 aliphatic heterocycles. The van der Waals surface area contributed by atoms with Crippen molar-refractivity contribution in [1.29, 1.82) is 0 Å². The molecule has 6 aromatic carbocycles. The maximum Gasteiger partial charge on any atom is 0.135 e. The fourth-order valence-corrected chi connectivity index (χ4v) is 6.47. The van der Waals surface area contributed by atoms with E-state index >= 15 is 0 Å². The molecule has 0 N–H and O–H groups in total. The lowest BCUT2D eigenvalue weighted by atomic mass is 9.79. The van der Waals surface area contributed by atoms with Gasteiger partial charge in [-0.15, -0.1) is 0 Å². The Morgan fingerprint density at radius 1 is 0.514 bits per heavy atom. The summed E-state index contributed by atoms with van der Waals surface area (Å²) in [6, 6.07) is 41.6. The molecule has 1 heterocycles. The molecular formula is C36H24O. The highest BCUT2D eigenvalue weighted by molar-refractivity contribution is 6.21. The van der Waals surface area contributed by atoms with Crippen LogP contribution in [-0.4, -0.2) is 6.10 Å². The third kappa shape index (κ3) is 2.98. The molecule has 174 valence electrons. The van der Waals surface area contributed by atoms with Gasteiger partial charge in [0.1, 0.15) is 11.9 Å². The molecule has 1 nitrogen and oxygen atoms in total. The standard InChI is InChI=1S/C36H24O/c1-2-13-24-23(11-1)12-9-19-26(24)34-27-15-3-5-17-29(27)35(30-18-6-4-16-28(30)34)32-21-10-20-31-25-14-7-8-22-33(25)37-36(31)32/h1-22,31,36H.